The van der Waals surface area contributed by atoms with Crippen molar-refractivity contribution in [1.29, 1.82) is 0 Å². The summed E-state index contributed by atoms with van der Waals surface area (Å²) >= 11 is 1.61. The zero-order valence-corrected chi connectivity index (χ0v) is 15.5. The highest BCUT2D eigenvalue weighted by Crippen LogP contribution is 2.26. The third-order valence-corrected chi connectivity index (χ3v) is 5.35. The number of nitrogens with two attached hydrogens (primary N) is 1. The number of carbonyl (C=O) groups is 1. The Morgan fingerprint density at radius 3 is 2.75 bits per heavy atom. The highest BCUT2D eigenvalue weighted by Gasteiger charge is 2.24. The average Bonchev–Trinajstić information content (AvgIpc) is 3.04. The van der Waals surface area contributed by atoms with Gasteiger partial charge in [0.05, 0.1) is 5.56 Å². The van der Waals surface area contributed by atoms with Gasteiger partial charge in [-0.05, 0) is 23.6 Å². The summed E-state index contributed by atoms with van der Waals surface area (Å²) in [7, 11) is 0. The maximum Gasteiger partial charge on any atom is 0.249 e. The zero-order valence-electron chi connectivity index (χ0n) is 13.8. The quantitative estimate of drug-likeness (QED) is 0.856. The minimum absolute atomic E-state index is 0. The lowest BCUT2D eigenvalue weighted by Gasteiger charge is -2.36. The van der Waals surface area contributed by atoms with Crippen molar-refractivity contribution in [2.75, 3.05) is 19.6 Å². The van der Waals surface area contributed by atoms with Crippen LogP contribution >= 0.6 is 23.7 Å². The standard InChI is InChI=1S/C18H23N3OS.ClH/c1-2-13-3-5-14(6-4-13)17-10-20-7-8-21(17)11-16-9-15(12-23-16)18(19)22;/h3-6,9,12,17,20H,2,7-8,10-11H2,1H3,(H2,19,22);1H. The fourth-order valence-corrected chi connectivity index (χ4v) is 3.93. The predicted octanol–water partition coefficient (Wildman–Crippen LogP) is 2.98. The van der Waals surface area contributed by atoms with Crippen LogP contribution in [0.2, 0.25) is 0 Å². The Hall–Kier alpha value is -1.40. The molecule has 2 aromatic rings. The number of aryl methyl sites for hydroxylation is 1. The lowest BCUT2D eigenvalue weighted by Crippen LogP contribution is -2.45. The first-order chi connectivity index (χ1) is 11.2. The van der Waals surface area contributed by atoms with Gasteiger partial charge in [0.25, 0.3) is 0 Å². The van der Waals surface area contributed by atoms with E-state index in [1.807, 2.05) is 11.4 Å². The first-order valence-corrected chi connectivity index (χ1v) is 8.96. The van der Waals surface area contributed by atoms with Crippen LogP contribution in [0.25, 0.3) is 0 Å². The summed E-state index contributed by atoms with van der Waals surface area (Å²) in [5.41, 5.74) is 8.68. The first kappa shape index (κ1) is 18.9. The molecule has 4 nitrogen and oxygen atoms in total. The molecule has 1 unspecified atom stereocenters. The predicted molar refractivity (Wildman–Crippen MR) is 102 cm³/mol. The maximum atomic E-state index is 11.3. The number of nitrogens with one attached hydrogen (secondary N) is 1. The average molecular weight is 366 g/mol. The fraction of sp³-hybridized carbons (Fsp3) is 0.389. The summed E-state index contributed by atoms with van der Waals surface area (Å²) in [6, 6.07) is 11.2. The number of carbonyl (C=O) groups excluding carboxylic acids is 1. The van der Waals surface area contributed by atoms with Crippen LogP contribution in [0.5, 0.6) is 0 Å². The Kier molecular flexibility index (Phi) is 6.80. The zero-order chi connectivity index (χ0) is 16.2. The smallest absolute Gasteiger partial charge is 0.249 e. The fourth-order valence-electron chi connectivity index (χ4n) is 3.03. The van der Waals surface area contributed by atoms with E-state index in [0.717, 1.165) is 32.6 Å². The molecule has 130 valence electrons. The number of thiophene rings is 1. The number of primary amides is 1. The summed E-state index contributed by atoms with van der Waals surface area (Å²) in [6.45, 7) is 6.00. The van der Waals surface area contributed by atoms with Crippen LogP contribution in [0.15, 0.2) is 35.7 Å². The van der Waals surface area contributed by atoms with Gasteiger partial charge in [-0.1, -0.05) is 31.2 Å². The highest BCUT2D eigenvalue weighted by atomic mass is 35.5. The molecule has 3 N–H and O–H groups in total. The molecule has 1 aromatic carbocycles. The van der Waals surface area contributed by atoms with Gasteiger partial charge in [0.2, 0.25) is 5.91 Å². The third-order valence-electron chi connectivity index (χ3n) is 4.42. The molecule has 3 rings (SSSR count). The van der Waals surface area contributed by atoms with E-state index in [0.29, 0.717) is 11.6 Å². The van der Waals surface area contributed by atoms with Gasteiger partial charge in [0.15, 0.2) is 0 Å². The molecule has 0 radical (unpaired) electrons. The molecule has 0 saturated carbocycles. The normalized spacial score (nSPS) is 18.1. The number of amides is 1. The van der Waals surface area contributed by atoms with E-state index < -0.39 is 0 Å². The van der Waals surface area contributed by atoms with E-state index in [1.54, 1.807) is 11.3 Å². The van der Waals surface area contributed by atoms with E-state index in [2.05, 4.69) is 41.4 Å². The van der Waals surface area contributed by atoms with Crippen LogP contribution < -0.4 is 11.1 Å². The van der Waals surface area contributed by atoms with Crippen LogP contribution in [0.4, 0.5) is 0 Å². The van der Waals surface area contributed by atoms with Crippen molar-refractivity contribution in [2.45, 2.75) is 25.9 Å². The Balaban J connectivity index is 0.00000208. The Labute approximate surface area is 153 Å². The molecule has 1 aromatic heterocycles. The van der Waals surface area contributed by atoms with E-state index in [4.69, 9.17) is 5.73 Å². The second kappa shape index (κ2) is 8.62. The first-order valence-electron chi connectivity index (χ1n) is 8.08. The van der Waals surface area contributed by atoms with E-state index in [1.165, 1.54) is 16.0 Å². The number of piperazine rings is 1. The second-order valence-corrected chi connectivity index (χ2v) is 6.95. The SMILES string of the molecule is CCc1ccc(C2CNCCN2Cc2cc(C(N)=O)cs2)cc1.Cl. The molecule has 24 heavy (non-hydrogen) atoms. The molecule has 1 amide bonds. The number of benzene rings is 1. The van der Waals surface area contributed by atoms with Gasteiger partial charge >= 0.3 is 0 Å². The van der Waals surface area contributed by atoms with Crippen molar-refractivity contribution >= 4 is 29.7 Å². The van der Waals surface area contributed by atoms with Gasteiger partial charge in [-0.2, -0.15) is 0 Å². The van der Waals surface area contributed by atoms with Crippen molar-refractivity contribution in [2.24, 2.45) is 5.73 Å². The van der Waals surface area contributed by atoms with Crippen molar-refractivity contribution in [3.05, 3.63) is 57.3 Å². The van der Waals surface area contributed by atoms with Crippen molar-refractivity contribution in [3.8, 4) is 0 Å². The lowest BCUT2D eigenvalue weighted by molar-refractivity contribution is 0.100. The van der Waals surface area contributed by atoms with Gasteiger partial charge in [-0.15, -0.1) is 23.7 Å². The molecule has 2 heterocycles. The molecule has 0 spiro atoms. The molecule has 6 heteroatoms. The lowest BCUT2D eigenvalue weighted by atomic mass is 10.0. The molecule has 0 bridgehead atoms. The minimum Gasteiger partial charge on any atom is -0.366 e. The maximum absolute atomic E-state index is 11.3. The van der Waals surface area contributed by atoms with Crippen molar-refractivity contribution in [1.82, 2.24) is 10.2 Å². The molecule has 1 aliphatic heterocycles. The van der Waals surface area contributed by atoms with Crippen LogP contribution in [0, 0.1) is 0 Å². The van der Waals surface area contributed by atoms with Gasteiger partial charge in [-0.25, -0.2) is 0 Å². The number of hydrogen-bond donors (Lipinski definition) is 2. The van der Waals surface area contributed by atoms with Crippen LogP contribution in [-0.2, 0) is 13.0 Å². The van der Waals surface area contributed by atoms with Crippen LogP contribution in [-0.4, -0.2) is 30.4 Å². The second-order valence-electron chi connectivity index (χ2n) is 5.95. The summed E-state index contributed by atoms with van der Waals surface area (Å²) in [4.78, 5) is 14.9. The number of rotatable bonds is 5. The number of hydrogen-bond acceptors (Lipinski definition) is 4. The molecule has 1 atom stereocenters. The van der Waals surface area contributed by atoms with Gasteiger partial charge < -0.3 is 11.1 Å². The molecule has 1 aliphatic rings. The summed E-state index contributed by atoms with van der Waals surface area (Å²) < 4.78 is 0. The molecule has 0 aliphatic carbocycles. The highest BCUT2D eigenvalue weighted by molar-refractivity contribution is 7.10. The van der Waals surface area contributed by atoms with Crippen molar-refractivity contribution in [3.63, 3.8) is 0 Å². The molecule has 1 fully saturated rings. The van der Waals surface area contributed by atoms with Gasteiger partial charge in [0, 0.05) is 42.5 Å². The van der Waals surface area contributed by atoms with Gasteiger partial charge in [0.1, 0.15) is 0 Å². The largest absolute Gasteiger partial charge is 0.366 e. The summed E-state index contributed by atoms with van der Waals surface area (Å²) in [5, 5.41) is 5.34. The van der Waals surface area contributed by atoms with E-state index in [9.17, 15) is 4.79 Å². The number of nitrogens with zero attached hydrogens (tertiary/aromatic N) is 1. The summed E-state index contributed by atoms with van der Waals surface area (Å²) in [6.07, 6.45) is 1.07. The van der Waals surface area contributed by atoms with Crippen molar-refractivity contribution < 1.29 is 4.79 Å². The Morgan fingerprint density at radius 1 is 1.38 bits per heavy atom. The minimum atomic E-state index is -0.348. The molecular weight excluding hydrogens is 342 g/mol. The third kappa shape index (κ3) is 4.36. The number of halogens is 1. The topological polar surface area (TPSA) is 58.4 Å². The van der Waals surface area contributed by atoms with E-state index >= 15 is 0 Å². The van der Waals surface area contributed by atoms with E-state index in [-0.39, 0.29) is 18.3 Å². The van der Waals surface area contributed by atoms with Crippen LogP contribution in [0.3, 0.4) is 0 Å². The van der Waals surface area contributed by atoms with Gasteiger partial charge in [-0.3, -0.25) is 9.69 Å². The molecular formula is C18H24ClN3OS. The Morgan fingerprint density at radius 2 is 2.12 bits per heavy atom. The van der Waals surface area contributed by atoms with Crippen LogP contribution in [0.1, 0.15) is 39.3 Å². The summed E-state index contributed by atoms with van der Waals surface area (Å²) in [5.74, 6) is -0.348. The molecule has 1 saturated heterocycles. The monoisotopic (exact) mass is 365 g/mol. The Bertz CT molecular complexity index is 671.